The number of hydrogen-bond donors (Lipinski definition) is 0. The Bertz CT molecular complexity index is 541. The molecule has 2 aromatic rings. The molecule has 0 radical (unpaired) electrons. The molecule has 1 aliphatic rings. The first-order valence-electron chi connectivity index (χ1n) is 5.56. The molecule has 1 aliphatic heterocycles. The second-order valence-corrected chi connectivity index (χ2v) is 5.54. The lowest BCUT2D eigenvalue weighted by Gasteiger charge is -2.11. The van der Waals surface area contributed by atoms with Gasteiger partial charge in [0, 0.05) is 0 Å². The Morgan fingerprint density at radius 2 is 1.53 bits per heavy atom. The first kappa shape index (κ1) is 10.6. The molecule has 86 valence electrons. The minimum absolute atomic E-state index is 0.846. The summed E-state index contributed by atoms with van der Waals surface area (Å²) in [6.07, 6.45) is 0. The molecule has 0 unspecified atom stereocenters. The molecule has 0 spiro atoms. The number of hydrogen-bond acceptors (Lipinski definition) is 2. The molecule has 0 fully saturated rings. The van der Waals surface area contributed by atoms with E-state index >= 15 is 0 Å². The Balaban J connectivity index is 1.94. The van der Waals surface area contributed by atoms with E-state index in [0.717, 1.165) is 16.8 Å². The molecular weight excluding hydrogens is 231 g/mol. The zero-order chi connectivity index (χ0) is 11.8. The second kappa shape index (κ2) is 4.05. The van der Waals surface area contributed by atoms with E-state index in [4.69, 9.17) is 9.05 Å². The van der Waals surface area contributed by atoms with E-state index in [1.807, 2.05) is 24.3 Å². The standard InChI is InChI=1S/C14H13O2P/c1-10-7-8-14(11(2)9-10)17-15-12-5-3-4-6-13(12)16-17/h3-9H,1-2H3. The van der Waals surface area contributed by atoms with Crippen LogP contribution in [-0.2, 0) is 0 Å². The van der Waals surface area contributed by atoms with Gasteiger partial charge in [0.05, 0.1) is 5.30 Å². The molecule has 3 rings (SSSR count). The second-order valence-electron chi connectivity index (χ2n) is 4.18. The first-order valence-corrected chi connectivity index (χ1v) is 6.74. The summed E-state index contributed by atoms with van der Waals surface area (Å²) in [5, 5.41) is 1.15. The molecular formula is C14H13O2P. The van der Waals surface area contributed by atoms with Crippen molar-refractivity contribution in [2.75, 3.05) is 0 Å². The lowest BCUT2D eigenvalue weighted by Crippen LogP contribution is -2.09. The Kier molecular flexibility index (Phi) is 2.53. The summed E-state index contributed by atoms with van der Waals surface area (Å²) in [5.41, 5.74) is 2.49. The van der Waals surface area contributed by atoms with Crippen LogP contribution in [0.5, 0.6) is 11.5 Å². The number of rotatable bonds is 1. The fourth-order valence-electron chi connectivity index (χ4n) is 1.91. The monoisotopic (exact) mass is 244 g/mol. The number of fused-ring (bicyclic) bond motifs is 1. The molecule has 0 saturated heterocycles. The molecule has 1 heterocycles. The topological polar surface area (TPSA) is 18.5 Å². The van der Waals surface area contributed by atoms with Crippen molar-refractivity contribution >= 4 is 13.7 Å². The van der Waals surface area contributed by atoms with Crippen LogP contribution in [0.25, 0.3) is 0 Å². The summed E-state index contributed by atoms with van der Waals surface area (Å²) in [6.45, 7) is 4.19. The van der Waals surface area contributed by atoms with Crippen LogP contribution in [0.4, 0.5) is 0 Å². The van der Waals surface area contributed by atoms with Gasteiger partial charge in [-0.05, 0) is 37.6 Å². The lowest BCUT2D eigenvalue weighted by molar-refractivity contribution is 0.587. The summed E-state index contributed by atoms with van der Waals surface area (Å²) in [4.78, 5) is 0. The number of para-hydroxylation sites is 2. The van der Waals surface area contributed by atoms with Crippen LogP contribution in [0.1, 0.15) is 11.1 Å². The first-order chi connectivity index (χ1) is 8.24. The molecule has 0 aliphatic carbocycles. The number of aryl methyl sites for hydroxylation is 2. The van der Waals surface area contributed by atoms with Crippen molar-refractivity contribution in [3.8, 4) is 11.5 Å². The third-order valence-corrected chi connectivity index (χ3v) is 4.38. The lowest BCUT2D eigenvalue weighted by atomic mass is 10.2. The minimum atomic E-state index is -1.00. The van der Waals surface area contributed by atoms with Gasteiger partial charge in [-0.3, -0.25) is 0 Å². The summed E-state index contributed by atoms with van der Waals surface area (Å²) in [6, 6.07) is 14.2. The molecule has 0 atom stereocenters. The van der Waals surface area contributed by atoms with Gasteiger partial charge >= 0.3 is 8.38 Å². The Morgan fingerprint density at radius 3 is 2.12 bits per heavy atom. The van der Waals surface area contributed by atoms with E-state index in [2.05, 4.69) is 32.0 Å². The Hall–Kier alpha value is -1.53. The molecule has 0 N–H and O–H groups in total. The molecule has 0 bridgehead atoms. The maximum Gasteiger partial charge on any atom is 0.326 e. The van der Waals surface area contributed by atoms with Crippen molar-refractivity contribution in [1.82, 2.24) is 0 Å². The van der Waals surface area contributed by atoms with Crippen LogP contribution in [-0.4, -0.2) is 0 Å². The van der Waals surface area contributed by atoms with Crippen LogP contribution in [0.15, 0.2) is 42.5 Å². The third-order valence-electron chi connectivity index (χ3n) is 2.76. The summed E-state index contributed by atoms with van der Waals surface area (Å²) < 4.78 is 11.7. The van der Waals surface area contributed by atoms with Crippen molar-refractivity contribution in [3.05, 3.63) is 53.6 Å². The van der Waals surface area contributed by atoms with E-state index in [-0.39, 0.29) is 0 Å². The van der Waals surface area contributed by atoms with Gasteiger partial charge in [0.1, 0.15) is 0 Å². The average molecular weight is 244 g/mol. The Morgan fingerprint density at radius 1 is 0.882 bits per heavy atom. The highest BCUT2D eigenvalue weighted by molar-refractivity contribution is 7.57. The van der Waals surface area contributed by atoms with Gasteiger partial charge < -0.3 is 9.05 Å². The Labute approximate surface area is 102 Å². The predicted molar refractivity (Wildman–Crippen MR) is 70.2 cm³/mol. The van der Waals surface area contributed by atoms with Gasteiger partial charge in [0.15, 0.2) is 11.5 Å². The fourth-order valence-corrected chi connectivity index (χ4v) is 3.35. The zero-order valence-corrected chi connectivity index (χ0v) is 10.7. The van der Waals surface area contributed by atoms with Crippen molar-refractivity contribution in [2.24, 2.45) is 0 Å². The largest absolute Gasteiger partial charge is 0.431 e. The SMILES string of the molecule is Cc1ccc(P2Oc3ccccc3O2)c(C)c1. The predicted octanol–water partition coefficient (Wildman–Crippen LogP) is 3.71. The van der Waals surface area contributed by atoms with E-state index in [1.54, 1.807) is 0 Å². The molecule has 0 aromatic heterocycles. The van der Waals surface area contributed by atoms with Crippen LogP contribution in [0.3, 0.4) is 0 Å². The van der Waals surface area contributed by atoms with Gasteiger partial charge in [0.2, 0.25) is 0 Å². The van der Waals surface area contributed by atoms with E-state index in [0.29, 0.717) is 0 Å². The van der Waals surface area contributed by atoms with Gasteiger partial charge in [-0.1, -0.05) is 29.8 Å². The summed E-state index contributed by atoms with van der Waals surface area (Å²) in [7, 11) is -1.00. The smallest absolute Gasteiger partial charge is 0.326 e. The third kappa shape index (κ3) is 1.89. The van der Waals surface area contributed by atoms with Gasteiger partial charge in [0.25, 0.3) is 0 Å². The van der Waals surface area contributed by atoms with Crippen molar-refractivity contribution in [1.29, 1.82) is 0 Å². The molecule has 17 heavy (non-hydrogen) atoms. The molecule has 2 aromatic carbocycles. The molecule has 2 nitrogen and oxygen atoms in total. The van der Waals surface area contributed by atoms with E-state index in [1.165, 1.54) is 11.1 Å². The minimum Gasteiger partial charge on any atom is -0.431 e. The van der Waals surface area contributed by atoms with Crippen LogP contribution in [0.2, 0.25) is 0 Å². The zero-order valence-electron chi connectivity index (χ0n) is 9.81. The normalized spacial score (nSPS) is 14.0. The van der Waals surface area contributed by atoms with Crippen LogP contribution in [0, 0.1) is 13.8 Å². The van der Waals surface area contributed by atoms with Crippen molar-refractivity contribution < 1.29 is 9.05 Å². The van der Waals surface area contributed by atoms with E-state index < -0.39 is 8.38 Å². The van der Waals surface area contributed by atoms with Crippen molar-refractivity contribution in [3.63, 3.8) is 0 Å². The highest BCUT2D eigenvalue weighted by Gasteiger charge is 2.28. The summed E-state index contributed by atoms with van der Waals surface area (Å²) >= 11 is 0. The van der Waals surface area contributed by atoms with Gasteiger partial charge in [-0.15, -0.1) is 0 Å². The van der Waals surface area contributed by atoms with Gasteiger partial charge in [-0.25, -0.2) is 0 Å². The fraction of sp³-hybridized carbons (Fsp3) is 0.143. The summed E-state index contributed by atoms with van der Waals surface area (Å²) in [5.74, 6) is 1.69. The quantitative estimate of drug-likeness (QED) is 0.712. The highest BCUT2D eigenvalue weighted by Crippen LogP contribution is 2.51. The highest BCUT2D eigenvalue weighted by atomic mass is 31.2. The molecule has 0 saturated carbocycles. The number of benzene rings is 2. The van der Waals surface area contributed by atoms with Crippen LogP contribution >= 0.6 is 8.38 Å². The van der Waals surface area contributed by atoms with Crippen LogP contribution < -0.4 is 14.4 Å². The average Bonchev–Trinajstić information content (AvgIpc) is 2.72. The molecule has 3 heteroatoms. The maximum atomic E-state index is 5.86. The maximum absolute atomic E-state index is 5.86. The van der Waals surface area contributed by atoms with Crippen molar-refractivity contribution in [2.45, 2.75) is 13.8 Å². The molecule has 0 amide bonds. The van der Waals surface area contributed by atoms with E-state index in [9.17, 15) is 0 Å². The van der Waals surface area contributed by atoms with Gasteiger partial charge in [-0.2, -0.15) is 0 Å².